The molecule has 1 aromatic carbocycles. The van der Waals surface area contributed by atoms with E-state index in [0.29, 0.717) is 35.2 Å². The fourth-order valence-corrected chi connectivity index (χ4v) is 1.31. The molecule has 0 aliphatic carbocycles. The zero-order chi connectivity index (χ0) is 12.1. The third-order valence-corrected chi connectivity index (χ3v) is 1.98. The van der Waals surface area contributed by atoms with E-state index in [4.69, 9.17) is 9.47 Å². The summed E-state index contributed by atoms with van der Waals surface area (Å²) in [6, 6.07) is 3.00. The molecule has 0 fully saturated rings. The third kappa shape index (κ3) is 2.59. The Morgan fingerprint density at radius 2 is 1.56 bits per heavy atom. The highest BCUT2D eigenvalue weighted by Gasteiger charge is 2.11. The van der Waals surface area contributed by atoms with E-state index in [2.05, 4.69) is 0 Å². The fourth-order valence-electron chi connectivity index (χ4n) is 1.31. The van der Waals surface area contributed by atoms with Crippen LogP contribution in [0.3, 0.4) is 0 Å². The van der Waals surface area contributed by atoms with Crippen molar-refractivity contribution < 1.29 is 19.1 Å². The Bertz CT molecular complexity index is 396. The summed E-state index contributed by atoms with van der Waals surface area (Å²) in [6.07, 6.45) is 1.28. The monoisotopic (exact) mass is 222 g/mol. The summed E-state index contributed by atoms with van der Waals surface area (Å²) in [7, 11) is 1.44. The van der Waals surface area contributed by atoms with Crippen LogP contribution in [0.2, 0.25) is 0 Å². The molecule has 0 saturated carbocycles. The Hall–Kier alpha value is -1.84. The highest BCUT2D eigenvalue weighted by Crippen LogP contribution is 2.27. The number of hydrogen-bond donors (Lipinski definition) is 0. The lowest BCUT2D eigenvalue weighted by molar-refractivity contribution is 0.110. The molecular weight excluding hydrogens is 208 g/mol. The van der Waals surface area contributed by atoms with Crippen molar-refractivity contribution in [2.45, 2.75) is 20.0 Å². The number of rotatable bonds is 5. The van der Waals surface area contributed by atoms with Crippen LogP contribution in [0.15, 0.2) is 12.1 Å². The summed E-state index contributed by atoms with van der Waals surface area (Å²) in [5.41, 5.74) is 0.736. The summed E-state index contributed by atoms with van der Waals surface area (Å²) in [4.78, 5) is 21.7. The van der Waals surface area contributed by atoms with Crippen molar-refractivity contribution in [3.8, 4) is 11.5 Å². The summed E-state index contributed by atoms with van der Waals surface area (Å²) < 4.78 is 10.4. The minimum atomic E-state index is -0.0633. The van der Waals surface area contributed by atoms with Crippen molar-refractivity contribution in [2.75, 3.05) is 7.11 Å². The molecule has 0 aliphatic heterocycles. The first kappa shape index (κ1) is 12.2. The van der Waals surface area contributed by atoms with Crippen LogP contribution in [0.4, 0.5) is 0 Å². The Labute approximate surface area is 94.2 Å². The molecule has 4 heteroatoms. The predicted octanol–water partition coefficient (Wildman–Crippen LogP) is 2.11. The molecule has 0 aromatic heterocycles. The van der Waals surface area contributed by atoms with Crippen molar-refractivity contribution >= 4 is 12.6 Å². The van der Waals surface area contributed by atoms with E-state index < -0.39 is 0 Å². The minimum absolute atomic E-state index is 0.0633. The maximum Gasteiger partial charge on any atom is 0.153 e. The smallest absolute Gasteiger partial charge is 0.153 e. The van der Waals surface area contributed by atoms with Crippen molar-refractivity contribution in [2.24, 2.45) is 0 Å². The number of carbonyl (C=O) groups excluding carboxylic acids is 2. The Balaban J connectivity index is 3.25. The van der Waals surface area contributed by atoms with Gasteiger partial charge in [0.15, 0.2) is 12.6 Å². The molecular formula is C12H14O4. The van der Waals surface area contributed by atoms with Gasteiger partial charge in [-0.05, 0) is 26.0 Å². The average molecular weight is 222 g/mol. The van der Waals surface area contributed by atoms with Crippen molar-refractivity contribution in [3.63, 3.8) is 0 Å². The van der Waals surface area contributed by atoms with Gasteiger partial charge in [-0.25, -0.2) is 0 Å². The standard InChI is InChI=1S/C12H14O4/c1-8(2)16-12-5-9(6-13)11(15-3)4-10(12)7-14/h4-8H,1-3H3. The van der Waals surface area contributed by atoms with E-state index in [9.17, 15) is 9.59 Å². The SMILES string of the molecule is COc1cc(C=O)c(OC(C)C)cc1C=O. The molecule has 16 heavy (non-hydrogen) atoms. The molecule has 4 nitrogen and oxygen atoms in total. The van der Waals surface area contributed by atoms with Crippen LogP contribution in [0.1, 0.15) is 34.6 Å². The van der Waals surface area contributed by atoms with Gasteiger partial charge in [-0.2, -0.15) is 0 Å². The van der Waals surface area contributed by atoms with E-state index in [-0.39, 0.29) is 6.10 Å². The van der Waals surface area contributed by atoms with E-state index in [0.717, 1.165) is 0 Å². The predicted molar refractivity (Wildman–Crippen MR) is 59.5 cm³/mol. The summed E-state index contributed by atoms with van der Waals surface area (Å²) >= 11 is 0. The van der Waals surface area contributed by atoms with E-state index in [1.807, 2.05) is 13.8 Å². The van der Waals surface area contributed by atoms with Gasteiger partial charge in [-0.1, -0.05) is 0 Å². The second-order valence-corrected chi connectivity index (χ2v) is 3.53. The van der Waals surface area contributed by atoms with Crippen LogP contribution in [-0.2, 0) is 0 Å². The number of ether oxygens (including phenoxy) is 2. The molecule has 0 aliphatic rings. The molecule has 0 unspecified atom stereocenters. The summed E-state index contributed by atoms with van der Waals surface area (Å²) in [5, 5.41) is 0. The number of methoxy groups -OCH3 is 1. The molecule has 0 atom stereocenters. The molecule has 0 bridgehead atoms. The average Bonchev–Trinajstić information content (AvgIpc) is 2.27. The van der Waals surface area contributed by atoms with Gasteiger partial charge >= 0.3 is 0 Å². The van der Waals surface area contributed by atoms with Crippen LogP contribution >= 0.6 is 0 Å². The lowest BCUT2D eigenvalue weighted by atomic mass is 10.1. The molecule has 0 amide bonds. The molecule has 1 aromatic rings. The van der Waals surface area contributed by atoms with Crippen LogP contribution in [0.25, 0.3) is 0 Å². The van der Waals surface area contributed by atoms with Gasteiger partial charge < -0.3 is 9.47 Å². The number of benzene rings is 1. The van der Waals surface area contributed by atoms with Gasteiger partial charge in [-0.15, -0.1) is 0 Å². The van der Waals surface area contributed by atoms with Gasteiger partial charge in [0.05, 0.1) is 24.3 Å². The highest BCUT2D eigenvalue weighted by molar-refractivity contribution is 5.87. The molecule has 0 radical (unpaired) electrons. The lowest BCUT2D eigenvalue weighted by Crippen LogP contribution is -2.08. The number of aldehydes is 2. The second-order valence-electron chi connectivity index (χ2n) is 3.53. The van der Waals surface area contributed by atoms with Gasteiger partial charge in [0.2, 0.25) is 0 Å². The summed E-state index contributed by atoms with van der Waals surface area (Å²) in [5.74, 6) is 0.765. The van der Waals surface area contributed by atoms with E-state index >= 15 is 0 Å². The lowest BCUT2D eigenvalue weighted by Gasteiger charge is -2.13. The van der Waals surface area contributed by atoms with Crippen molar-refractivity contribution in [1.82, 2.24) is 0 Å². The zero-order valence-corrected chi connectivity index (χ0v) is 9.52. The van der Waals surface area contributed by atoms with Crippen LogP contribution in [0, 0.1) is 0 Å². The fraction of sp³-hybridized carbons (Fsp3) is 0.333. The van der Waals surface area contributed by atoms with Gasteiger partial charge in [0.25, 0.3) is 0 Å². The minimum Gasteiger partial charge on any atom is -0.496 e. The quantitative estimate of drug-likeness (QED) is 0.716. The summed E-state index contributed by atoms with van der Waals surface area (Å²) in [6.45, 7) is 3.69. The van der Waals surface area contributed by atoms with E-state index in [1.165, 1.54) is 19.2 Å². The first-order valence-corrected chi connectivity index (χ1v) is 4.91. The molecule has 86 valence electrons. The first-order chi connectivity index (χ1) is 7.62. The van der Waals surface area contributed by atoms with Gasteiger partial charge in [0.1, 0.15) is 11.5 Å². The van der Waals surface area contributed by atoms with E-state index in [1.54, 1.807) is 0 Å². The van der Waals surface area contributed by atoms with Crippen LogP contribution in [-0.4, -0.2) is 25.8 Å². The zero-order valence-electron chi connectivity index (χ0n) is 9.52. The number of carbonyl (C=O) groups is 2. The largest absolute Gasteiger partial charge is 0.496 e. The van der Waals surface area contributed by atoms with Crippen molar-refractivity contribution in [3.05, 3.63) is 23.3 Å². The van der Waals surface area contributed by atoms with Crippen molar-refractivity contribution in [1.29, 1.82) is 0 Å². The normalized spacial score (nSPS) is 10.0. The Kier molecular flexibility index (Phi) is 4.05. The topological polar surface area (TPSA) is 52.6 Å². The molecule has 0 spiro atoms. The Morgan fingerprint density at radius 1 is 1.06 bits per heavy atom. The molecule has 0 saturated heterocycles. The Morgan fingerprint density at radius 3 is 2.00 bits per heavy atom. The highest BCUT2D eigenvalue weighted by atomic mass is 16.5. The molecule has 0 heterocycles. The number of hydrogen-bond acceptors (Lipinski definition) is 4. The van der Waals surface area contributed by atoms with Crippen LogP contribution < -0.4 is 9.47 Å². The second kappa shape index (κ2) is 5.30. The van der Waals surface area contributed by atoms with Gasteiger partial charge in [-0.3, -0.25) is 9.59 Å². The maximum atomic E-state index is 10.9. The molecule has 1 rings (SSSR count). The van der Waals surface area contributed by atoms with Crippen LogP contribution in [0.5, 0.6) is 11.5 Å². The maximum absolute atomic E-state index is 10.9. The molecule has 0 N–H and O–H groups in total. The third-order valence-electron chi connectivity index (χ3n) is 1.98. The first-order valence-electron chi connectivity index (χ1n) is 4.91. The van der Waals surface area contributed by atoms with Gasteiger partial charge in [0, 0.05) is 0 Å².